The molecule has 0 aliphatic rings. The Balaban J connectivity index is 2.14. The van der Waals surface area contributed by atoms with Crippen molar-refractivity contribution in [1.82, 2.24) is 0 Å². The van der Waals surface area contributed by atoms with Crippen LogP contribution in [-0.4, -0.2) is 4.92 Å². The molecule has 0 radical (unpaired) electrons. The summed E-state index contributed by atoms with van der Waals surface area (Å²) in [6, 6.07) is 6.07. The number of nitro groups is 1. The number of halogens is 1. The highest BCUT2D eigenvalue weighted by atomic mass is 35.5. The second kappa shape index (κ2) is 4.88. The van der Waals surface area contributed by atoms with Crippen molar-refractivity contribution in [3.8, 4) is 0 Å². The molecule has 2 rings (SSSR count). The molecule has 0 amide bonds. The summed E-state index contributed by atoms with van der Waals surface area (Å²) in [5.74, 6) is 0. The first-order valence-electron chi connectivity index (χ1n) is 4.85. The first-order chi connectivity index (χ1) is 8.16. The molecule has 0 atom stereocenters. The number of benzene rings is 1. The third-order valence-electron chi connectivity index (χ3n) is 2.22. The normalized spacial score (nSPS) is 10.2. The van der Waals surface area contributed by atoms with Crippen LogP contribution in [0.25, 0.3) is 0 Å². The molecule has 1 N–H and O–H groups in total. The summed E-state index contributed by atoms with van der Waals surface area (Å²) in [5.41, 5.74) is 1.47. The van der Waals surface area contributed by atoms with Gasteiger partial charge < -0.3 is 9.73 Å². The van der Waals surface area contributed by atoms with E-state index in [0.717, 1.165) is 5.56 Å². The second-order valence-corrected chi connectivity index (χ2v) is 3.81. The number of anilines is 1. The Hall–Kier alpha value is -2.01. The van der Waals surface area contributed by atoms with Gasteiger partial charge in [-0.15, -0.1) is 0 Å². The number of nitrogens with zero attached hydrogens (tertiary/aromatic N) is 1. The van der Waals surface area contributed by atoms with Gasteiger partial charge in [0.05, 0.1) is 28.2 Å². The van der Waals surface area contributed by atoms with Crippen molar-refractivity contribution in [1.29, 1.82) is 0 Å². The molecule has 1 aromatic heterocycles. The summed E-state index contributed by atoms with van der Waals surface area (Å²) < 4.78 is 4.91. The number of rotatable bonds is 4. The van der Waals surface area contributed by atoms with Crippen molar-refractivity contribution in [2.45, 2.75) is 6.54 Å². The van der Waals surface area contributed by atoms with Gasteiger partial charge in [0.1, 0.15) is 0 Å². The van der Waals surface area contributed by atoms with Gasteiger partial charge in [-0.05, 0) is 12.1 Å². The van der Waals surface area contributed by atoms with Gasteiger partial charge >= 0.3 is 0 Å². The molecule has 0 aliphatic carbocycles. The van der Waals surface area contributed by atoms with Crippen LogP contribution >= 0.6 is 11.6 Å². The maximum absolute atomic E-state index is 10.6. The number of non-ortho nitro benzene ring substituents is 1. The zero-order valence-electron chi connectivity index (χ0n) is 8.72. The largest absolute Gasteiger partial charge is 0.472 e. The fourth-order valence-electron chi connectivity index (χ4n) is 1.35. The van der Waals surface area contributed by atoms with Crippen LogP contribution in [0.4, 0.5) is 11.4 Å². The molecule has 17 heavy (non-hydrogen) atoms. The number of nitrogens with one attached hydrogen (secondary N) is 1. The summed E-state index contributed by atoms with van der Waals surface area (Å²) in [6.07, 6.45) is 3.16. The van der Waals surface area contributed by atoms with Crippen LogP contribution in [0.2, 0.25) is 5.02 Å². The van der Waals surface area contributed by atoms with E-state index in [1.165, 1.54) is 18.2 Å². The topological polar surface area (TPSA) is 68.3 Å². The van der Waals surface area contributed by atoms with E-state index in [9.17, 15) is 10.1 Å². The van der Waals surface area contributed by atoms with Gasteiger partial charge in [-0.1, -0.05) is 11.6 Å². The SMILES string of the molecule is O=[N+]([O-])c1ccc(Cl)c(NCc2ccoc2)c1. The van der Waals surface area contributed by atoms with E-state index in [1.54, 1.807) is 18.6 Å². The zero-order chi connectivity index (χ0) is 12.3. The van der Waals surface area contributed by atoms with E-state index in [4.69, 9.17) is 16.0 Å². The van der Waals surface area contributed by atoms with Crippen LogP contribution in [0.15, 0.2) is 41.2 Å². The number of hydrogen-bond donors (Lipinski definition) is 1. The minimum atomic E-state index is -0.459. The third-order valence-corrected chi connectivity index (χ3v) is 2.55. The minimum absolute atomic E-state index is 0.00379. The minimum Gasteiger partial charge on any atom is -0.472 e. The van der Waals surface area contributed by atoms with E-state index >= 15 is 0 Å². The van der Waals surface area contributed by atoms with E-state index < -0.39 is 4.92 Å². The number of nitro benzene ring substituents is 1. The van der Waals surface area contributed by atoms with Crippen molar-refractivity contribution in [2.75, 3.05) is 5.32 Å². The first kappa shape index (κ1) is 11.5. The Morgan fingerprint density at radius 2 is 2.24 bits per heavy atom. The molecular weight excluding hydrogens is 244 g/mol. The molecule has 0 saturated carbocycles. The van der Waals surface area contributed by atoms with Crippen LogP contribution in [0.1, 0.15) is 5.56 Å². The van der Waals surface area contributed by atoms with Crippen LogP contribution in [0.3, 0.4) is 0 Å². The van der Waals surface area contributed by atoms with Crippen molar-refractivity contribution in [2.24, 2.45) is 0 Å². The van der Waals surface area contributed by atoms with Crippen LogP contribution < -0.4 is 5.32 Å². The van der Waals surface area contributed by atoms with E-state index in [2.05, 4.69) is 5.32 Å². The van der Waals surface area contributed by atoms with E-state index in [0.29, 0.717) is 17.3 Å². The molecule has 1 aromatic carbocycles. The van der Waals surface area contributed by atoms with Crippen molar-refractivity contribution in [3.05, 3.63) is 57.5 Å². The van der Waals surface area contributed by atoms with Gasteiger partial charge in [-0.2, -0.15) is 0 Å². The quantitative estimate of drug-likeness (QED) is 0.668. The molecule has 6 heteroatoms. The molecule has 5 nitrogen and oxygen atoms in total. The standard InChI is InChI=1S/C11H9ClN2O3/c12-10-2-1-9(14(15)16)5-11(10)13-6-8-3-4-17-7-8/h1-5,7,13H,6H2. The number of hydrogen-bond acceptors (Lipinski definition) is 4. The van der Waals surface area contributed by atoms with Gasteiger partial charge in [-0.25, -0.2) is 0 Å². The lowest BCUT2D eigenvalue weighted by Crippen LogP contribution is -1.99. The number of furan rings is 1. The highest BCUT2D eigenvalue weighted by molar-refractivity contribution is 6.33. The Morgan fingerprint density at radius 1 is 1.41 bits per heavy atom. The summed E-state index contributed by atoms with van der Waals surface area (Å²) >= 11 is 5.93. The lowest BCUT2D eigenvalue weighted by atomic mass is 10.2. The summed E-state index contributed by atoms with van der Waals surface area (Å²) in [5, 5.41) is 14.1. The molecule has 88 valence electrons. The smallest absolute Gasteiger partial charge is 0.271 e. The predicted octanol–water partition coefficient (Wildman–Crippen LogP) is 3.45. The Labute approximate surface area is 102 Å². The first-order valence-corrected chi connectivity index (χ1v) is 5.23. The summed E-state index contributed by atoms with van der Waals surface area (Å²) in [6.45, 7) is 0.497. The van der Waals surface area contributed by atoms with Crippen molar-refractivity contribution >= 4 is 23.0 Å². The van der Waals surface area contributed by atoms with Gasteiger partial charge in [0, 0.05) is 24.2 Å². The Kier molecular flexibility index (Phi) is 3.30. The van der Waals surface area contributed by atoms with Crippen molar-refractivity contribution in [3.63, 3.8) is 0 Å². The lowest BCUT2D eigenvalue weighted by Gasteiger charge is -2.06. The average Bonchev–Trinajstić information content (AvgIpc) is 2.80. The fourth-order valence-corrected chi connectivity index (χ4v) is 1.54. The maximum atomic E-state index is 10.6. The highest BCUT2D eigenvalue weighted by Crippen LogP contribution is 2.27. The van der Waals surface area contributed by atoms with Gasteiger partial charge in [-0.3, -0.25) is 10.1 Å². The predicted molar refractivity (Wildman–Crippen MR) is 64.1 cm³/mol. The van der Waals surface area contributed by atoms with Crippen LogP contribution in [0.5, 0.6) is 0 Å². The third kappa shape index (κ3) is 2.76. The lowest BCUT2D eigenvalue weighted by molar-refractivity contribution is -0.384. The average molecular weight is 253 g/mol. The molecule has 1 heterocycles. The van der Waals surface area contributed by atoms with Gasteiger partial charge in [0.25, 0.3) is 5.69 Å². The van der Waals surface area contributed by atoms with Gasteiger partial charge in [0.15, 0.2) is 0 Å². The Bertz CT molecular complexity index is 526. The molecule has 0 aliphatic heterocycles. The van der Waals surface area contributed by atoms with Crippen molar-refractivity contribution < 1.29 is 9.34 Å². The molecule has 0 saturated heterocycles. The summed E-state index contributed by atoms with van der Waals surface area (Å²) in [7, 11) is 0. The highest BCUT2D eigenvalue weighted by Gasteiger charge is 2.09. The molecule has 0 unspecified atom stereocenters. The molecular formula is C11H9ClN2O3. The Morgan fingerprint density at radius 3 is 2.88 bits per heavy atom. The molecule has 0 fully saturated rings. The maximum Gasteiger partial charge on any atom is 0.271 e. The van der Waals surface area contributed by atoms with E-state index in [-0.39, 0.29) is 5.69 Å². The van der Waals surface area contributed by atoms with Crippen LogP contribution in [-0.2, 0) is 6.54 Å². The second-order valence-electron chi connectivity index (χ2n) is 3.41. The monoisotopic (exact) mass is 252 g/mol. The fraction of sp³-hybridized carbons (Fsp3) is 0.0909. The van der Waals surface area contributed by atoms with Gasteiger partial charge in [0.2, 0.25) is 0 Å². The van der Waals surface area contributed by atoms with Crippen LogP contribution in [0, 0.1) is 10.1 Å². The molecule has 0 spiro atoms. The summed E-state index contributed by atoms with van der Waals surface area (Å²) in [4.78, 5) is 10.2. The van der Waals surface area contributed by atoms with E-state index in [1.807, 2.05) is 0 Å². The zero-order valence-corrected chi connectivity index (χ0v) is 9.48. The molecule has 0 bridgehead atoms. The molecule has 2 aromatic rings.